The maximum absolute atomic E-state index is 6.10. The number of pyridine rings is 1. The number of furan rings is 1. The summed E-state index contributed by atoms with van der Waals surface area (Å²) >= 11 is 0. The predicted molar refractivity (Wildman–Crippen MR) is 191 cm³/mol. The zero-order chi connectivity index (χ0) is 30.9. The van der Waals surface area contributed by atoms with E-state index in [1.54, 1.807) is 0 Å². The van der Waals surface area contributed by atoms with Crippen molar-refractivity contribution in [2.24, 2.45) is 0 Å². The third-order valence-corrected chi connectivity index (χ3v) is 9.12. The van der Waals surface area contributed by atoms with Gasteiger partial charge in [0.15, 0.2) is 17.5 Å². The fourth-order valence-electron chi connectivity index (χ4n) is 6.78. The van der Waals surface area contributed by atoms with Gasteiger partial charge in [-0.15, -0.1) is 0 Å². The molecule has 3 aromatic heterocycles. The van der Waals surface area contributed by atoms with Gasteiger partial charge in [-0.05, 0) is 62.0 Å². The van der Waals surface area contributed by atoms with Gasteiger partial charge in [0.2, 0.25) is 5.71 Å². The third-order valence-electron chi connectivity index (χ3n) is 9.12. The first-order valence-corrected chi connectivity index (χ1v) is 15.6. The van der Waals surface area contributed by atoms with E-state index < -0.39 is 0 Å². The molecule has 0 spiro atoms. The molecule has 7 aromatic carbocycles. The Bertz CT molecular complexity index is 2870. The van der Waals surface area contributed by atoms with Crippen LogP contribution in [0.25, 0.3) is 99.3 Å². The highest BCUT2D eigenvalue weighted by molar-refractivity contribution is 6.18. The average Bonchev–Trinajstić information content (AvgIpc) is 3.53. The van der Waals surface area contributed by atoms with Crippen LogP contribution in [0.4, 0.5) is 0 Å². The Labute approximate surface area is 268 Å². The van der Waals surface area contributed by atoms with Crippen LogP contribution in [0.15, 0.2) is 150 Å². The molecule has 0 amide bonds. The lowest BCUT2D eigenvalue weighted by Crippen LogP contribution is -2.00. The molecule has 0 bridgehead atoms. The Balaban J connectivity index is 1.20. The standard InChI is InChI=1S/C42H24N4O/c1-2-9-27-21-29(16-13-25(27)7-1)39-44-40(30-19-20-34-28(22-30)15-14-26-8-3-4-10-33(26)34)46-41(45-39)31-17-18-32-24-43-42-38(36(32)23-31)35-11-5-6-12-37(35)47-42/h1-24H. The number of rotatable bonds is 3. The van der Waals surface area contributed by atoms with E-state index in [2.05, 4.69) is 126 Å². The van der Waals surface area contributed by atoms with Crippen molar-refractivity contribution >= 4 is 65.2 Å². The van der Waals surface area contributed by atoms with E-state index in [9.17, 15) is 0 Å². The van der Waals surface area contributed by atoms with Crippen LogP contribution in [0.1, 0.15) is 0 Å². The molecule has 0 unspecified atom stereocenters. The smallest absolute Gasteiger partial charge is 0.227 e. The lowest BCUT2D eigenvalue weighted by molar-refractivity contribution is 0.654. The van der Waals surface area contributed by atoms with Crippen LogP contribution in [0.3, 0.4) is 0 Å². The van der Waals surface area contributed by atoms with Crippen molar-refractivity contribution in [1.29, 1.82) is 0 Å². The van der Waals surface area contributed by atoms with Gasteiger partial charge >= 0.3 is 0 Å². The van der Waals surface area contributed by atoms with Crippen LogP contribution in [-0.2, 0) is 0 Å². The van der Waals surface area contributed by atoms with Crippen LogP contribution in [0, 0.1) is 0 Å². The van der Waals surface area contributed by atoms with Crippen molar-refractivity contribution in [3.05, 3.63) is 146 Å². The number of fused-ring (bicyclic) bond motifs is 9. The molecule has 0 aliphatic rings. The van der Waals surface area contributed by atoms with E-state index in [0.29, 0.717) is 23.2 Å². The van der Waals surface area contributed by atoms with E-state index in [-0.39, 0.29) is 0 Å². The Kier molecular flexibility index (Phi) is 5.51. The van der Waals surface area contributed by atoms with Crippen molar-refractivity contribution in [1.82, 2.24) is 19.9 Å². The van der Waals surface area contributed by atoms with Crippen molar-refractivity contribution < 1.29 is 4.42 Å². The molecule has 0 saturated heterocycles. The maximum Gasteiger partial charge on any atom is 0.227 e. The summed E-state index contributed by atoms with van der Waals surface area (Å²) in [6.07, 6.45) is 1.86. The maximum atomic E-state index is 6.10. The predicted octanol–water partition coefficient (Wildman–Crippen LogP) is 10.8. The summed E-state index contributed by atoms with van der Waals surface area (Å²) in [5.41, 5.74) is 4.21. The van der Waals surface area contributed by atoms with Crippen molar-refractivity contribution in [2.75, 3.05) is 0 Å². The van der Waals surface area contributed by atoms with Gasteiger partial charge in [0.25, 0.3) is 0 Å². The lowest BCUT2D eigenvalue weighted by atomic mass is 10.00. The van der Waals surface area contributed by atoms with Crippen molar-refractivity contribution in [3.8, 4) is 34.2 Å². The molecule has 0 N–H and O–H groups in total. The molecule has 0 radical (unpaired) electrons. The quantitative estimate of drug-likeness (QED) is 0.189. The van der Waals surface area contributed by atoms with Crippen LogP contribution in [-0.4, -0.2) is 19.9 Å². The molecule has 0 aliphatic carbocycles. The highest BCUT2D eigenvalue weighted by Gasteiger charge is 2.16. The summed E-state index contributed by atoms with van der Waals surface area (Å²) in [5.74, 6) is 1.86. The van der Waals surface area contributed by atoms with E-state index in [0.717, 1.165) is 54.6 Å². The van der Waals surface area contributed by atoms with Gasteiger partial charge in [0.05, 0.1) is 5.39 Å². The summed E-state index contributed by atoms with van der Waals surface area (Å²) < 4.78 is 6.10. The fraction of sp³-hybridized carbons (Fsp3) is 0. The first-order valence-electron chi connectivity index (χ1n) is 15.6. The number of hydrogen-bond donors (Lipinski definition) is 0. The molecule has 0 saturated carbocycles. The summed E-state index contributed by atoms with van der Waals surface area (Å²) in [5, 5.41) is 11.2. The number of benzene rings is 7. The van der Waals surface area contributed by atoms with Gasteiger partial charge in [-0.3, -0.25) is 0 Å². The summed E-state index contributed by atoms with van der Waals surface area (Å²) in [4.78, 5) is 19.9. The van der Waals surface area contributed by atoms with Gasteiger partial charge in [0.1, 0.15) is 5.58 Å². The number of aromatic nitrogens is 4. The van der Waals surface area contributed by atoms with Crippen LogP contribution in [0.2, 0.25) is 0 Å². The molecule has 5 nitrogen and oxygen atoms in total. The highest BCUT2D eigenvalue weighted by atomic mass is 16.3. The second-order valence-corrected chi connectivity index (χ2v) is 11.9. The number of nitrogens with zero attached hydrogens (tertiary/aromatic N) is 4. The van der Waals surface area contributed by atoms with Gasteiger partial charge in [-0.2, -0.15) is 0 Å². The Morgan fingerprint density at radius 1 is 0.383 bits per heavy atom. The van der Waals surface area contributed by atoms with Gasteiger partial charge in [-0.25, -0.2) is 19.9 Å². The molecular formula is C42H24N4O. The van der Waals surface area contributed by atoms with Crippen molar-refractivity contribution in [2.45, 2.75) is 0 Å². The molecule has 0 fully saturated rings. The molecule has 3 heterocycles. The zero-order valence-corrected chi connectivity index (χ0v) is 25.1. The van der Waals surface area contributed by atoms with E-state index in [1.807, 2.05) is 24.4 Å². The highest BCUT2D eigenvalue weighted by Crippen LogP contribution is 2.36. The fourth-order valence-corrected chi connectivity index (χ4v) is 6.78. The van der Waals surface area contributed by atoms with E-state index >= 15 is 0 Å². The summed E-state index contributed by atoms with van der Waals surface area (Å²) in [6.45, 7) is 0. The molecule has 10 rings (SSSR count). The minimum Gasteiger partial charge on any atom is -0.438 e. The van der Waals surface area contributed by atoms with Crippen LogP contribution in [0.5, 0.6) is 0 Å². The minimum atomic E-state index is 0.608. The van der Waals surface area contributed by atoms with Gasteiger partial charge < -0.3 is 4.42 Å². The largest absolute Gasteiger partial charge is 0.438 e. The second kappa shape index (κ2) is 10.0. The average molecular weight is 601 g/mol. The molecule has 218 valence electrons. The zero-order valence-electron chi connectivity index (χ0n) is 25.1. The second-order valence-electron chi connectivity index (χ2n) is 11.9. The minimum absolute atomic E-state index is 0.608. The molecule has 10 aromatic rings. The monoisotopic (exact) mass is 600 g/mol. The van der Waals surface area contributed by atoms with E-state index in [1.165, 1.54) is 21.5 Å². The Morgan fingerprint density at radius 3 is 1.74 bits per heavy atom. The van der Waals surface area contributed by atoms with Crippen molar-refractivity contribution in [3.63, 3.8) is 0 Å². The van der Waals surface area contributed by atoms with Gasteiger partial charge in [-0.1, -0.05) is 115 Å². The summed E-state index contributed by atoms with van der Waals surface area (Å²) in [7, 11) is 0. The lowest BCUT2D eigenvalue weighted by Gasteiger charge is -2.11. The topological polar surface area (TPSA) is 64.7 Å². The molecule has 0 atom stereocenters. The Hall–Kier alpha value is -6.46. The first kappa shape index (κ1) is 25.8. The third kappa shape index (κ3) is 4.17. The van der Waals surface area contributed by atoms with Gasteiger partial charge in [0, 0.05) is 33.7 Å². The molecule has 0 aliphatic heterocycles. The molecule has 5 heteroatoms. The number of para-hydroxylation sites is 1. The van der Waals surface area contributed by atoms with Crippen LogP contribution < -0.4 is 0 Å². The SMILES string of the molecule is c1ccc2cc(-c3nc(-c4ccc5c(ccc6ccccc65)c4)nc(-c4ccc5cnc6oc7ccccc7c6c5c4)n3)ccc2c1. The first-order chi connectivity index (χ1) is 23.2. The number of hydrogen-bond acceptors (Lipinski definition) is 5. The normalized spacial score (nSPS) is 11.8. The Morgan fingerprint density at radius 2 is 0.936 bits per heavy atom. The molecule has 47 heavy (non-hydrogen) atoms. The van der Waals surface area contributed by atoms with E-state index in [4.69, 9.17) is 19.4 Å². The summed E-state index contributed by atoms with van der Waals surface area (Å²) in [6, 6.07) is 48.4. The van der Waals surface area contributed by atoms with Crippen LogP contribution >= 0.6 is 0 Å². The molecular weight excluding hydrogens is 576 g/mol.